The van der Waals surface area contributed by atoms with Gasteiger partial charge < -0.3 is 14.5 Å². The second kappa shape index (κ2) is 6.19. The molecule has 0 saturated carbocycles. The highest BCUT2D eigenvalue weighted by molar-refractivity contribution is 5.75. The smallest absolute Gasteiger partial charge is 0.220 e. The summed E-state index contributed by atoms with van der Waals surface area (Å²) in [6.45, 7) is 6.19. The van der Waals surface area contributed by atoms with Crippen LogP contribution in [0.3, 0.4) is 0 Å². The predicted molar refractivity (Wildman–Crippen MR) is 70.6 cm³/mol. The highest BCUT2D eigenvalue weighted by Crippen LogP contribution is 2.22. The van der Waals surface area contributed by atoms with Crippen LogP contribution in [0, 0.1) is 13.8 Å². The molecule has 2 heterocycles. The molecule has 0 bridgehead atoms. The summed E-state index contributed by atoms with van der Waals surface area (Å²) >= 11 is 0. The molecule has 1 aromatic heterocycles. The SMILES string of the molecule is Cc1nc(CNC(=O)CC[C@H]2CC[C@H](C)O2)oc1C. The van der Waals surface area contributed by atoms with Gasteiger partial charge in [0.15, 0.2) is 0 Å². The molecule has 0 unspecified atom stereocenters. The zero-order valence-electron chi connectivity index (χ0n) is 11.9. The van der Waals surface area contributed by atoms with E-state index in [1.54, 1.807) is 0 Å². The second-order valence-corrected chi connectivity index (χ2v) is 5.21. The van der Waals surface area contributed by atoms with Crippen molar-refractivity contribution in [2.75, 3.05) is 0 Å². The summed E-state index contributed by atoms with van der Waals surface area (Å²) in [5.41, 5.74) is 0.873. The van der Waals surface area contributed by atoms with Crippen molar-refractivity contribution in [3.8, 4) is 0 Å². The Morgan fingerprint density at radius 2 is 2.21 bits per heavy atom. The van der Waals surface area contributed by atoms with E-state index in [4.69, 9.17) is 9.15 Å². The summed E-state index contributed by atoms with van der Waals surface area (Å²) < 4.78 is 11.1. The van der Waals surface area contributed by atoms with Crippen LogP contribution in [0.4, 0.5) is 0 Å². The van der Waals surface area contributed by atoms with Crippen LogP contribution >= 0.6 is 0 Å². The number of nitrogens with one attached hydrogen (secondary N) is 1. The van der Waals surface area contributed by atoms with Crippen LogP contribution in [-0.4, -0.2) is 23.1 Å². The zero-order chi connectivity index (χ0) is 13.8. The summed E-state index contributed by atoms with van der Waals surface area (Å²) in [7, 11) is 0. The van der Waals surface area contributed by atoms with Gasteiger partial charge in [-0.15, -0.1) is 0 Å². The van der Waals surface area contributed by atoms with Crippen molar-refractivity contribution in [1.29, 1.82) is 0 Å². The lowest BCUT2D eigenvalue weighted by Gasteiger charge is -2.10. The van der Waals surface area contributed by atoms with Crippen molar-refractivity contribution >= 4 is 5.91 Å². The Labute approximate surface area is 113 Å². The quantitative estimate of drug-likeness (QED) is 0.887. The van der Waals surface area contributed by atoms with E-state index in [2.05, 4.69) is 17.2 Å². The number of nitrogens with zero attached hydrogens (tertiary/aromatic N) is 1. The van der Waals surface area contributed by atoms with Crippen LogP contribution < -0.4 is 5.32 Å². The first-order valence-corrected chi connectivity index (χ1v) is 6.89. The fraction of sp³-hybridized carbons (Fsp3) is 0.714. The van der Waals surface area contributed by atoms with Crippen LogP contribution in [0.5, 0.6) is 0 Å². The molecule has 0 spiro atoms. The van der Waals surface area contributed by atoms with Crippen molar-refractivity contribution in [3.05, 3.63) is 17.3 Å². The maximum absolute atomic E-state index is 11.7. The number of rotatable bonds is 5. The highest BCUT2D eigenvalue weighted by Gasteiger charge is 2.22. The molecule has 0 aliphatic carbocycles. The summed E-state index contributed by atoms with van der Waals surface area (Å²) in [5, 5.41) is 2.82. The van der Waals surface area contributed by atoms with Gasteiger partial charge in [0.2, 0.25) is 11.8 Å². The van der Waals surface area contributed by atoms with Crippen molar-refractivity contribution < 1.29 is 13.9 Å². The van der Waals surface area contributed by atoms with Crippen molar-refractivity contribution in [1.82, 2.24) is 10.3 Å². The third kappa shape index (κ3) is 4.06. The Hall–Kier alpha value is -1.36. The molecule has 1 aliphatic heterocycles. The molecule has 1 fully saturated rings. The standard InChI is InChI=1S/C14H22N2O3/c1-9-4-5-12(18-9)6-7-13(17)15-8-14-16-10(2)11(3)19-14/h9,12H,4-8H2,1-3H3,(H,15,17)/t9-,12+/m0/s1. The molecule has 1 saturated heterocycles. The van der Waals surface area contributed by atoms with E-state index < -0.39 is 0 Å². The van der Waals surface area contributed by atoms with Gasteiger partial charge in [0, 0.05) is 6.42 Å². The average molecular weight is 266 g/mol. The molecule has 1 aromatic rings. The minimum Gasteiger partial charge on any atom is -0.444 e. The van der Waals surface area contributed by atoms with Crippen molar-refractivity contribution in [3.63, 3.8) is 0 Å². The molecule has 5 nitrogen and oxygen atoms in total. The highest BCUT2D eigenvalue weighted by atomic mass is 16.5. The first-order chi connectivity index (χ1) is 9.04. The molecule has 5 heteroatoms. The monoisotopic (exact) mass is 266 g/mol. The molecule has 19 heavy (non-hydrogen) atoms. The number of ether oxygens (including phenoxy) is 1. The topological polar surface area (TPSA) is 64.4 Å². The third-order valence-electron chi connectivity index (χ3n) is 3.52. The lowest BCUT2D eigenvalue weighted by molar-refractivity contribution is -0.122. The largest absolute Gasteiger partial charge is 0.444 e. The van der Waals surface area contributed by atoms with E-state index in [9.17, 15) is 4.79 Å². The van der Waals surface area contributed by atoms with E-state index in [1.807, 2.05) is 13.8 Å². The number of aromatic nitrogens is 1. The molecular weight excluding hydrogens is 244 g/mol. The van der Waals surface area contributed by atoms with E-state index in [0.717, 1.165) is 30.7 Å². The fourth-order valence-electron chi connectivity index (χ4n) is 2.27. The van der Waals surface area contributed by atoms with Crippen LogP contribution in [-0.2, 0) is 16.1 Å². The molecule has 2 atom stereocenters. The number of aryl methyl sites for hydroxylation is 2. The molecule has 1 amide bonds. The Bertz CT molecular complexity index is 422. The summed E-state index contributed by atoms with van der Waals surface area (Å²) in [6, 6.07) is 0. The van der Waals surface area contributed by atoms with Gasteiger partial charge in [-0.2, -0.15) is 0 Å². The van der Waals surface area contributed by atoms with Crippen LogP contribution in [0.25, 0.3) is 0 Å². The minimum atomic E-state index is 0.0247. The number of carbonyl (C=O) groups is 1. The number of oxazole rings is 1. The fourth-order valence-corrected chi connectivity index (χ4v) is 2.27. The number of amides is 1. The summed E-state index contributed by atoms with van der Waals surface area (Å²) in [6.07, 6.45) is 4.03. The lowest BCUT2D eigenvalue weighted by atomic mass is 10.1. The second-order valence-electron chi connectivity index (χ2n) is 5.21. The zero-order valence-corrected chi connectivity index (χ0v) is 11.9. The van der Waals surface area contributed by atoms with Crippen LogP contribution in [0.15, 0.2) is 4.42 Å². The van der Waals surface area contributed by atoms with Gasteiger partial charge in [-0.3, -0.25) is 4.79 Å². The van der Waals surface area contributed by atoms with E-state index >= 15 is 0 Å². The summed E-state index contributed by atoms with van der Waals surface area (Å²) in [5.74, 6) is 1.39. The molecular formula is C14H22N2O3. The van der Waals surface area contributed by atoms with Gasteiger partial charge in [-0.25, -0.2) is 4.98 Å². The van der Waals surface area contributed by atoms with Gasteiger partial charge in [-0.05, 0) is 40.0 Å². The average Bonchev–Trinajstić information content (AvgIpc) is 2.91. The molecule has 2 rings (SSSR count). The van der Waals surface area contributed by atoms with E-state index in [0.29, 0.717) is 25.0 Å². The first kappa shape index (κ1) is 14.1. The Morgan fingerprint density at radius 1 is 1.42 bits per heavy atom. The van der Waals surface area contributed by atoms with Crippen LogP contribution in [0.2, 0.25) is 0 Å². The van der Waals surface area contributed by atoms with Crippen molar-refractivity contribution in [2.45, 2.75) is 65.2 Å². The van der Waals surface area contributed by atoms with Gasteiger partial charge in [-0.1, -0.05) is 0 Å². The number of hydrogen-bond acceptors (Lipinski definition) is 4. The van der Waals surface area contributed by atoms with Crippen molar-refractivity contribution in [2.24, 2.45) is 0 Å². The maximum Gasteiger partial charge on any atom is 0.220 e. The third-order valence-corrected chi connectivity index (χ3v) is 3.52. The molecule has 0 radical (unpaired) electrons. The number of carbonyl (C=O) groups excluding carboxylic acids is 1. The van der Waals surface area contributed by atoms with E-state index in [1.165, 1.54) is 0 Å². The summed E-state index contributed by atoms with van der Waals surface area (Å²) in [4.78, 5) is 15.9. The Morgan fingerprint density at radius 3 is 2.79 bits per heavy atom. The lowest BCUT2D eigenvalue weighted by Crippen LogP contribution is -2.24. The molecule has 106 valence electrons. The number of hydrogen-bond donors (Lipinski definition) is 1. The van der Waals surface area contributed by atoms with Gasteiger partial charge in [0.1, 0.15) is 5.76 Å². The van der Waals surface area contributed by atoms with Gasteiger partial charge >= 0.3 is 0 Å². The van der Waals surface area contributed by atoms with Crippen LogP contribution in [0.1, 0.15) is 50.0 Å². The normalized spacial score (nSPS) is 22.7. The van der Waals surface area contributed by atoms with Gasteiger partial charge in [0.25, 0.3) is 0 Å². The Balaban J connectivity index is 1.67. The molecule has 1 N–H and O–H groups in total. The predicted octanol–water partition coefficient (Wildman–Crippen LogP) is 2.26. The molecule has 1 aliphatic rings. The first-order valence-electron chi connectivity index (χ1n) is 6.89. The minimum absolute atomic E-state index is 0.0247. The van der Waals surface area contributed by atoms with E-state index in [-0.39, 0.29) is 12.0 Å². The van der Waals surface area contributed by atoms with Gasteiger partial charge in [0.05, 0.1) is 24.4 Å². The maximum atomic E-state index is 11.7. The Kier molecular flexibility index (Phi) is 4.58. The molecule has 0 aromatic carbocycles.